The SMILES string of the molecule is Cc1cc(Cl)ccc1OCCCC(=O)NNC(=O)C1(c2ccccc2)CC1. The Hall–Kier alpha value is -2.53. The van der Waals surface area contributed by atoms with Crippen molar-refractivity contribution in [1.29, 1.82) is 0 Å². The first-order valence-electron chi connectivity index (χ1n) is 9.05. The van der Waals surface area contributed by atoms with Crippen LogP contribution in [0.15, 0.2) is 48.5 Å². The van der Waals surface area contributed by atoms with Gasteiger partial charge in [-0.2, -0.15) is 0 Å². The fraction of sp³-hybridized carbons (Fsp3) is 0.333. The highest BCUT2D eigenvalue weighted by molar-refractivity contribution is 6.30. The maximum Gasteiger partial charge on any atom is 0.249 e. The molecular weight excluding hydrogens is 364 g/mol. The highest BCUT2D eigenvalue weighted by Crippen LogP contribution is 2.48. The van der Waals surface area contributed by atoms with Crippen molar-refractivity contribution < 1.29 is 14.3 Å². The van der Waals surface area contributed by atoms with E-state index < -0.39 is 5.41 Å². The van der Waals surface area contributed by atoms with Crippen molar-refractivity contribution in [1.82, 2.24) is 10.9 Å². The lowest BCUT2D eigenvalue weighted by Crippen LogP contribution is -2.46. The highest BCUT2D eigenvalue weighted by Gasteiger charge is 2.51. The third-order valence-corrected chi connectivity index (χ3v) is 5.00. The fourth-order valence-corrected chi connectivity index (χ4v) is 3.25. The number of amides is 2. The lowest BCUT2D eigenvalue weighted by molar-refractivity contribution is -0.130. The lowest BCUT2D eigenvalue weighted by atomic mass is 9.95. The minimum atomic E-state index is -0.496. The van der Waals surface area contributed by atoms with E-state index in [-0.39, 0.29) is 18.2 Å². The molecule has 1 fully saturated rings. The van der Waals surface area contributed by atoms with E-state index in [2.05, 4.69) is 10.9 Å². The smallest absolute Gasteiger partial charge is 0.249 e. The Labute approximate surface area is 164 Å². The molecule has 1 aliphatic rings. The molecule has 142 valence electrons. The molecule has 3 rings (SSSR count). The van der Waals surface area contributed by atoms with Crippen molar-refractivity contribution in [2.24, 2.45) is 0 Å². The third-order valence-electron chi connectivity index (χ3n) is 4.77. The van der Waals surface area contributed by atoms with Gasteiger partial charge in [0.25, 0.3) is 0 Å². The summed E-state index contributed by atoms with van der Waals surface area (Å²) in [6.07, 6.45) is 2.42. The minimum absolute atomic E-state index is 0.157. The average molecular weight is 387 g/mol. The first-order chi connectivity index (χ1) is 13.0. The first-order valence-corrected chi connectivity index (χ1v) is 9.43. The molecule has 0 unspecified atom stereocenters. The maximum absolute atomic E-state index is 12.5. The fourth-order valence-electron chi connectivity index (χ4n) is 3.03. The van der Waals surface area contributed by atoms with Gasteiger partial charge in [0.05, 0.1) is 12.0 Å². The van der Waals surface area contributed by atoms with Gasteiger partial charge in [-0.1, -0.05) is 41.9 Å². The Morgan fingerprint density at radius 3 is 2.52 bits per heavy atom. The van der Waals surface area contributed by atoms with E-state index in [1.807, 2.05) is 49.4 Å². The van der Waals surface area contributed by atoms with Crippen LogP contribution in [0.25, 0.3) is 0 Å². The standard InChI is InChI=1S/C21H23ClN2O3/c1-15-14-17(22)9-10-18(15)27-13-5-8-19(25)23-24-20(26)21(11-12-21)16-6-3-2-4-7-16/h2-4,6-7,9-10,14H,5,8,11-13H2,1H3,(H,23,25)(H,24,26). The lowest BCUT2D eigenvalue weighted by Gasteiger charge is -2.16. The number of aryl methyl sites for hydroxylation is 1. The number of rotatable bonds is 7. The largest absolute Gasteiger partial charge is 0.493 e. The van der Waals surface area contributed by atoms with E-state index in [0.29, 0.717) is 18.1 Å². The van der Waals surface area contributed by atoms with Crippen molar-refractivity contribution in [2.45, 2.75) is 38.0 Å². The van der Waals surface area contributed by atoms with Crippen LogP contribution < -0.4 is 15.6 Å². The first kappa shape index (κ1) is 19.2. The van der Waals surface area contributed by atoms with E-state index in [4.69, 9.17) is 16.3 Å². The topological polar surface area (TPSA) is 67.4 Å². The molecule has 0 atom stereocenters. The van der Waals surface area contributed by atoms with Crippen LogP contribution in [0.1, 0.15) is 36.8 Å². The Balaban J connectivity index is 1.38. The normalized spacial score (nSPS) is 14.3. The summed E-state index contributed by atoms with van der Waals surface area (Å²) >= 11 is 5.91. The Morgan fingerprint density at radius 2 is 1.85 bits per heavy atom. The number of hydrogen-bond acceptors (Lipinski definition) is 3. The second-order valence-corrected chi connectivity index (χ2v) is 7.25. The summed E-state index contributed by atoms with van der Waals surface area (Å²) < 4.78 is 5.66. The number of benzene rings is 2. The number of ether oxygens (including phenoxy) is 1. The van der Waals surface area contributed by atoms with Gasteiger partial charge in [-0.05, 0) is 55.5 Å². The van der Waals surface area contributed by atoms with Gasteiger partial charge in [-0.15, -0.1) is 0 Å². The number of hydrazine groups is 1. The molecular formula is C21H23ClN2O3. The number of hydrogen-bond donors (Lipinski definition) is 2. The molecule has 2 aromatic rings. The van der Waals surface area contributed by atoms with E-state index in [1.165, 1.54) is 0 Å². The number of carbonyl (C=O) groups excluding carboxylic acids is 2. The zero-order chi connectivity index (χ0) is 19.3. The summed E-state index contributed by atoms with van der Waals surface area (Å²) in [5.41, 5.74) is 6.51. The molecule has 27 heavy (non-hydrogen) atoms. The van der Waals surface area contributed by atoms with Crippen LogP contribution in [-0.4, -0.2) is 18.4 Å². The van der Waals surface area contributed by atoms with Crippen molar-refractivity contribution in [3.8, 4) is 5.75 Å². The number of halogens is 1. The molecule has 0 heterocycles. The van der Waals surface area contributed by atoms with Crippen molar-refractivity contribution in [2.75, 3.05) is 6.61 Å². The number of nitrogens with one attached hydrogen (secondary N) is 2. The monoisotopic (exact) mass is 386 g/mol. The van der Waals surface area contributed by atoms with Crippen molar-refractivity contribution >= 4 is 23.4 Å². The zero-order valence-corrected chi connectivity index (χ0v) is 16.0. The molecule has 0 spiro atoms. The predicted molar refractivity (Wildman–Crippen MR) is 105 cm³/mol. The van der Waals surface area contributed by atoms with Gasteiger partial charge >= 0.3 is 0 Å². The van der Waals surface area contributed by atoms with E-state index >= 15 is 0 Å². The van der Waals surface area contributed by atoms with Crippen molar-refractivity contribution in [3.05, 3.63) is 64.7 Å². The molecule has 5 nitrogen and oxygen atoms in total. The van der Waals surface area contributed by atoms with E-state index in [1.54, 1.807) is 6.07 Å². The van der Waals surface area contributed by atoms with E-state index in [9.17, 15) is 9.59 Å². The molecule has 1 saturated carbocycles. The maximum atomic E-state index is 12.5. The van der Waals surface area contributed by atoms with Gasteiger partial charge in [0.15, 0.2) is 0 Å². The Bertz CT molecular complexity index is 819. The van der Waals surface area contributed by atoms with Crippen LogP contribution in [0, 0.1) is 6.92 Å². The van der Waals surface area contributed by atoms with Gasteiger partial charge in [0.1, 0.15) is 5.75 Å². The molecule has 0 saturated heterocycles. The summed E-state index contributed by atoms with van der Waals surface area (Å²) in [4.78, 5) is 24.4. The summed E-state index contributed by atoms with van der Waals surface area (Å²) in [5.74, 6) is 0.366. The predicted octanol–water partition coefficient (Wildman–Crippen LogP) is 3.69. The molecule has 0 radical (unpaired) electrons. The summed E-state index contributed by atoms with van der Waals surface area (Å²) in [6, 6.07) is 15.1. The quantitative estimate of drug-likeness (QED) is 0.563. The van der Waals surface area contributed by atoms with Gasteiger partial charge in [0.2, 0.25) is 11.8 Å². The second-order valence-electron chi connectivity index (χ2n) is 6.81. The van der Waals surface area contributed by atoms with Crippen LogP contribution in [0.4, 0.5) is 0 Å². The van der Waals surface area contributed by atoms with E-state index in [0.717, 1.165) is 29.7 Å². The van der Waals surface area contributed by atoms with Crippen LogP contribution >= 0.6 is 11.6 Å². The average Bonchev–Trinajstić information content (AvgIpc) is 3.47. The van der Waals surface area contributed by atoms with Crippen LogP contribution in [0.5, 0.6) is 5.75 Å². The molecule has 2 amide bonds. The molecule has 1 aliphatic carbocycles. The van der Waals surface area contributed by atoms with Crippen LogP contribution in [0.3, 0.4) is 0 Å². The van der Waals surface area contributed by atoms with Crippen LogP contribution in [-0.2, 0) is 15.0 Å². The molecule has 0 aliphatic heterocycles. The molecule has 0 bridgehead atoms. The number of carbonyl (C=O) groups is 2. The van der Waals surface area contributed by atoms with Gasteiger partial charge in [0, 0.05) is 11.4 Å². The third kappa shape index (κ3) is 4.80. The van der Waals surface area contributed by atoms with Gasteiger partial charge in [-0.3, -0.25) is 20.4 Å². The summed E-state index contributed by atoms with van der Waals surface area (Å²) in [7, 11) is 0. The molecule has 2 aromatic carbocycles. The summed E-state index contributed by atoms with van der Waals surface area (Å²) in [5, 5.41) is 0.666. The Morgan fingerprint density at radius 1 is 1.11 bits per heavy atom. The van der Waals surface area contributed by atoms with Gasteiger partial charge in [-0.25, -0.2) is 0 Å². The molecule has 0 aromatic heterocycles. The molecule has 2 N–H and O–H groups in total. The van der Waals surface area contributed by atoms with Crippen LogP contribution in [0.2, 0.25) is 5.02 Å². The van der Waals surface area contributed by atoms with Gasteiger partial charge < -0.3 is 4.74 Å². The zero-order valence-electron chi connectivity index (χ0n) is 15.3. The summed E-state index contributed by atoms with van der Waals surface area (Å²) in [6.45, 7) is 2.34. The Kier molecular flexibility index (Phi) is 6.01. The highest BCUT2D eigenvalue weighted by atomic mass is 35.5. The van der Waals surface area contributed by atoms with Crippen molar-refractivity contribution in [3.63, 3.8) is 0 Å². The molecule has 6 heteroatoms. The minimum Gasteiger partial charge on any atom is -0.493 e. The second kappa shape index (κ2) is 8.44.